The van der Waals surface area contributed by atoms with Gasteiger partial charge in [-0.1, -0.05) is 62.7 Å². The summed E-state index contributed by atoms with van der Waals surface area (Å²) >= 11 is 1.54. The van der Waals surface area contributed by atoms with Crippen LogP contribution in [0.5, 0.6) is 0 Å². The van der Waals surface area contributed by atoms with Crippen molar-refractivity contribution in [3.63, 3.8) is 0 Å². The van der Waals surface area contributed by atoms with Crippen molar-refractivity contribution >= 4 is 58.2 Å². The molecule has 0 saturated heterocycles. The van der Waals surface area contributed by atoms with Gasteiger partial charge >= 0.3 is 42.4 Å². The SMILES string of the molecule is CC[C@H](C)[C@@H](CN(CC(=O)N[C@@H](CCSC)C(=O)O)Cc1cccc2ccccc12)NC(=O)Cc1cn(Cc2ccncc2)cn1.O=C(O)C(F)(F)F.O=C(O)C(F)(F)F.O=C(O)C(F)(F)F. The smallest absolute Gasteiger partial charge is 0.480 e. The number of aromatic nitrogens is 3. The predicted molar refractivity (Wildman–Crippen MR) is 224 cm³/mol. The maximum absolute atomic E-state index is 13.3. The third kappa shape index (κ3) is 23.5. The number of nitrogens with one attached hydrogen (secondary N) is 2. The zero-order valence-electron chi connectivity index (χ0n) is 35.7. The molecule has 6 N–H and O–H groups in total. The number of pyridine rings is 1. The number of carboxylic acid groups (broad SMARTS) is 4. The molecule has 4 rings (SSSR count). The van der Waals surface area contributed by atoms with Gasteiger partial charge in [0.05, 0.1) is 25.0 Å². The third-order valence-electron chi connectivity index (χ3n) is 8.89. The Hall–Kier alpha value is -6.44. The number of fused-ring (bicyclic) bond motifs is 1. The molecular formula is C41H47F9N6O10S. The fourth-order valence-electron chi connectivity index (χ4n) is 5.43. The van der Waals surface area contributed by atoms with Crippen LogP contribution >= 0.6 is 11.8 Å². The van der Waals surface area contributed by atoms with Gasteiger partial charge in [-0.2, -0.15) is 51.3 Å². The van der Waals surface area contributed by atoms with Gasteiger partial charge in [0.25, 0.3) is 0 Å². The average molecular weight is 987 g/mol. The first-order chi connectivity index (χ1) is 31.1. The number of carbonyl (C=O) groups excluding carboxylic acids is 2. The number of imidazole rings is 1. The number of nitrogens with zero attached hydrogens (tertiary/aromatic N) is 4. The highest BCUT2D eigenvalue weighted by molar-refractivity contribution is 7.98. The highest BCUT2D eigenvalue weighted by Gasteiger charge is 2.39. The van der Waals surface area contributed by atoms with Gasteiger partial charge in [-0.3, -0.25) is 19.5 Å². The zero-order valence-corrected chi connectivity index (χ0v) is 36.5. The molecule has 67 heavy (non-hydrogen) atoms. The molecule has 16 nitrogen and oxygen atoms in total. The van der Waals surface area contributed by atoms with E-state index in [1.807, 2.05) is 58.3 Å². The highest BCUT2D eigenvalue weighted by atomic mass is 32.2. The van der Waals surface area contributed by atoms with Gasteiger partial charge in [-0.05, 0) is 58.4 Å². The molecule has 2 aromatic carbocycles. The lowest BCUT2D eigenvalue weighted by atomic mass is 9.97. The number of aliphatic carboxylic acids is 4. The Morgan fingerprint density at radius 2 is 1.31 bits per heavy atom. The van der Waals surface area contributed by atoms with Crippen LogP contribution in [0.4, 0.5) is 39.5 Å². The second-order valence-electron chi connectivity index (χ2n) is 14.1. The Labute approximate surface area is 380 Å². The molecule has 2 heterocycles. The van der Waals surface area contributed by atoms with Crippen molar-refractivity contribution in [3.05, 3.63) is 96.3 Å². The standard InChI is InChI=1S/C35H44N6O4S.3C2HF3O2/c1-4-25(2)32(39-33(42)18-29-21-41(24-37-29)19-26-12-15-36-16-13-26)22-40(23-34(43)38-31(35(44)45)14-17-46-3)20-28-10-7-9-27-8-5-6-11-30(27)28;3*3-2(4,5)1(6)7/h5-13,15-16,21,24-25,31-32H,4,14,17-20,22-23H2,1-3H3,(H,38,43)(H,39,42)(H,44,45);3*(H,6,7)/t25-,31-,32+;;;/m0.../s1. The summed E-state index contributed by atoms with van der Waals surface area (Å²) in [6.07, 6.45) is -4.93. The number of benzene rings is 2. The molecule has 0 fully saturated rings. The average Bonchev–Trinajstić information content (AvgIpc) is 3.67. The Balaban J connectivity index is 0.000000882. The van der Waals surface area contributed by atoms with E-state index in [1.165, 1.54) is 11.8 Å². The van der Waals surface area contributed by atoms with Crippen LogP contribution in [0.2, 0.25) is 0 Å². The monoisotopic (exact) mass is 986 g/mol. The largest absolute Gasteiger partial charge is 0.490 e. The second kappa shape index (κ2) is 27.9. The van der Waals surface area contributed by atoms with Crippen LogP contribution in [0.3, 0.4) is 0 Å². The molecule has 2 amide bonds. The van der Waals surface area contributed by atoms with E-state index >= 15 is 0 Å². The first-order valence-corrected chi connectivity index (χ1v) is 20.8. The minimum atomic E-state index is -5.08. The van der Waals surface area contributed by atoms with Crippen molar-refractivity contribution in [2.75, 3.05) is 25.1 Å². The highest BCUT2D eigenvalue weighted by Crippen LogP contribution is 2.22. The molecule has 0 unspecified atom stereocenters. The lowest BCUT2D eigenvalue weighted by molar-refractivity contribution is -0.193. The first-order valence-electron chi connectivity index (χ1n) is 19.4. The van der Waals surface area contributed by atoms with E-state index in [4.69, 9.17) is 29.7 Å². The van der Waals surface area contributed by atoms with Gasteiger partial charge in [-0.15, -0.1) is 0 Å². The molecule has 0 saturated carbocycles. The number of rotatable bonds is 18. The van der Waals surface area contributed by atoms with E-state index < -0.39 is 48.4 Å². The number of thioether (sulfide) groups is 1. The predicted octanol–water partition coefficient (Wildman–Crippen LogP) is 6.28. The maximum atomic E-state index is 13.3. The normalized spacial score (nSPS) is 12.7. The van der Waals surface area contributed by atoms with Crippen molar-refractivity contribution in [1.29, 1.82) is 0 Å². The van der Waals surface area contributed by atoms with E-state index in [-0.39, 0.29) is 36.7 Å². The van der Waals surface area contributed by atoms with Crippen LogP contribution in [-0.4, -0.2) is 131 Å². The van der Waals surface area contributed by atoms with Crippen LogP contribution in [-0.2, 0) is 48.3 Å². The van der Waals surface area contributed by atoms with Gasteiger partial charge in [-0.25, -0.2) is 24.2 Å². The van der Waals surface area contributed by atoms with E-state index in [2.05, 4.69) is 52.6 Å². The minimum Gasteiger partial charge on any atom is -0.480 e. The first kappa shape index (κ1) is 58.6. The molecule has 0 bridgehead atoms. The van der Waals surface area contributed by atoms with Crippen molar-refractivity contribution < 1.29 is 88.7 Å². The number of halogens is 9. The molecule has 3 atom stereocenters. The molecular weight excluding hydrogens is 940 g/mol. The van der Waals surface area contributed by atoms with Crippen LogP contribution in [0.25, 0.3) is 10.8 Å². The van der Waals surface area contributed by atoms with Crippen molar-refractivity contribution in [2.45, 2.75) is 76.8 Å². The summed E-state index contributed by atoms with van der Waals surface area (Å²) in [6.45, 7) is 5.67. The minimum absolute atomic E-state index is 0.00547. The van der Waals surface area contributed by atoms with E-state index in [1.54, 1.807) is 18.7 Å². The van der Waals surface area contributed by atoms with Crippen LogP contribution < -0.4 is 10.6 Å². The molecule has 4 aromatic rings. The molecule has 0 aliphatic carbocycles. The third-order valence-corrected chi connectivity index (χ3v) is 9.53. The molecule has 26 heteroatoms. The second-order valence-corrected chi connectivity index (χ2v) is 15.1. The molecule has 370 valence electrons. The number of alkyl halides is 9. The van der Waals surface area contributed by atoms with Crippen molar-refractivity contribution in [3.8, 4) is 0 Å². The number of carbonyl (C=O) groups is 6. The number of hydrogen-bond acceptors (Lipinski definition) is 10. The Morgan fingerprint density at radius 1 is 0.776 bits per heavy atom. The summed E-state index contributed by atoms with van der Waals surface area (Å²) in [5.41, 5.74) is 2.82. The summed E-state index contributed by atoms with van der Waals surface area (Å²) in [5, 5.41) is 39.2. The summed E-state index contributed by atoms with van der Waals surface area (Å²) in [4.78, 5) is 75.6. The maximum Gasteiger partial charge on any atom is 0.490 e. The van der Waals surface area contributed by atoms with Crippen molar-refractivity contribution in [2.24, 2.45) is 5.92 Å². The van der Waals surface area contributed by atoms with E-state index in [0.29, 0.717) is 37.5 Å². The number of hydrogen-bond donors (Lipinski definition) is 6. The van der Waals surface area contributed by atoms with Gasteiger partial charge < -0.3 is 35.6 Å². The summed E-state index contributed by atoms with van der Waals surface area (Å²) in [5.74, 6) is -9.07. The van der Waals surface area contributed by atoms with E-state index in [0.717, 1.165) is 28.3 Å². The van der Waals surface area contributed by atoms with Gasteiger partial charge in [0, 0.05) is 44.3 Å². The molecule has 0 radical (unpaired) electrons. The van der Waals surface area contributed by atoms with E-state index in [9.17, 15) is 59.0 Å². The summed E-state index contributed by atoms with van der Waals surface area (Å²) in [7, 11) is 0. The number of amides is 2. The topological polar surface area (TPSA) is 241 Å². The Morgan fingerprint density at radius 3 is 1.82 bits per heavy atom. The molecule has 0 spiro atoms. The summed E-state index contributed by atoms with van der Waals surface area (Å²) in [6, 6.07) is 16.9. The summed E-state index contributed by atoms with van der Waals surface area (Å²) < 4.78 is 97.2. The fourth-order valence-corrected chi connectivity index (χ4v) is 5.90. The fraction of sp³-hybridized carbons (Fsp3) is 0.415. The lowest BCUT2D eigenvalue weighted by Crippen LogP contribution is -2.51. The molecule has 0 aliphatic heterocycles. The van der Waals surface area contributed by atoms with Gasteiger partial charge in [0.2, 0.25) is 11.8 Å². The Kier molecular flexibility index (Phi) is 24.4. The molecule has 0 aliphatic rings. The lowest BCUT2D eigenvalue weighted by Gasteiger charge is -2.31. The van der Waals surface area contributed by atoms with Gasteiger partial charge in [0.15, 0.2) is 0 Å². The molecule has 2 aromatic heterocycles. The Bertz CT molecular complexity index is 2150. The van der Waals surface area contributed by atoms with Crippen LogP contribution in [0.1, 0.15) is 43.5 Å². The van der Waals surface area contributed by atoms with Crippen LogP contribution in [0, 0.1) is 5.92 Å². The quantitative estimate of drug-likeness (QED) is 0.0602. The van der Waals surface area contributed by atoms with Crippen LogP contribution in [0.15, 0.2) is 79.5 Å². The zero-order chi connectivity index (χ0) is 51.1. The van der Waals surface area contributed by atoms with Crippen molar-refractivity contribution in [1.82, 2.24) is 30.1 Å². The number of carboxylic acids is 4. The van der Waals surface area contributed by atoms with Gasteiger partial charge in [0.1, 0.15) is 6.04 Å².